The minimum Gasteiger partial charge on any atom is -0.321 e. The van der Waals surface area contributed by atoms with Crippen LogP contribution in [0.25, 0.3) is 0 Å². The highest BCUT2D eigenvalue weighted by Gasteiger charge is 2.31. The van der Waals surface area contributed by atoms with Gasteiger partial charge in [0.1, 0.15) is 5.82 Å². The van der Waals surface area contributed by atoms with Crippen molar-refractivity contribution in [1.29, 1.82) is 0 Å². The first-order valence-electron chi connectivity index (χ1n) is 6.09. The van der Waals surface area contributed by atoms with E-state index in [0.29, 0.717) is 5.56 Å². The number of benzene rings is 1. The Kier molecular flexibility index (Phi) is 3.02. The Morgan fingerprint density at radius 3 is 2.31 bits per heavy atom. The lowest BCUT2D eigenvalue weighted by atomic mass is 9.75. The standard InChI is InChI=1S/C14H20FN/c1-10-8-11(2)13(15)9-12(10)14(16)6-4-3-5-7-14/h8-9H,3-7,16H2,1-2H3. The summed E-state index contributed by atoms with van der Waals surface area (Å²) in [5.41, 5.74) is 8.99. The molecule has 0 amide bonds. The van der Waals surface area contributed by atoms with E-state index in [9.17, 15) is 4.39 Å². The SMILES string of the molecule is Cc1cc(C)c(C2(N)CCCCC2)cc1F. The van der Waals surface area contributed by atoms with Crippen molar-refractivity contribution in [2.45, 2.75) is 51.5 Å². The molecule has 1 aromatic carbocycles. The van der Waals surface area contributed by atoms with Crippen molar-refractivity contribution in [3.8, 4) is 0 Å². The third-order valence-corrected chi connectivity index (χ3v) is 3.79. The number of halogens is 1. The summed E-state index contributed by atoms with van der Waals surface area (Å²) in [7, 11) is 0. The Hall–Kier alpha value is -0.890. The maximum atomic E-state index is 13.6. The van der Waals surface area contributed by atoms with Crippen LogP contribution in [0.1, 0.15) is 48.8 Å². The van der Waals surface area contributed by atoms with Gasteiger partial charge in [-0.1, -0.05) is 25.3 Å². The first kappa shape index (κ1) is 11.6. The molecule has 0 aliphatic heterocycles. The fourth-order valence-electron chi connectivity index (χ4n) is 2.81. The van der Waals surface area contributed by atoms with E-state index < -0.39 is 0 Å². The fourth-order valence-corrected chi connectivity index (χ4v) is 2.81. The van der Waals surface area contributed by atoms with E-state index in [2.05, 4.69) is 0 Å². The molecule has 0 spiro atoms. The van der Waals surface area contributed by atoms with Gasteiger partial charge in [0.2, 0.25) is 0 Å². The molecule has 0 bridgehead atoms. The lowest BCUT2D eigenvalue weighted by Gasteiger charge is -2.35. The molecule has 1 aromatic rings. The Labute approximate surface area is 96.9 Å². The number of rotatable bonds is 1. The van der Waals surface area contributed by atoms with Crippen molar-refractivity contribution >= 4 is 0 Å². The minimum absolute atomic E-state index is 0.129. The van der Waals surface area contributed by atoms with Gasteiger partial charge in [-0.05, 0) is 49.4 Å². The van der Waals surface area contributed by atoms with E-state index in [1.807, 2.05) is 13.0 Å². The normalized spacial score (nSPS) is 19.8. The molecule has 2 heteroatoms. The van der Waals surface area contributed by atoms with Crippen molar-refractivity contribution in [3.05, 3.63) is 34.6 Å². The molecule has 1 aliphatic rings. The maximum Gasteiger partial charge on any atom is 0.126 e. The Balaban J connectivity index is 2.42. The number of hydrogen-bond acceptors (Lipinski definition) is 1. The van der Waals surface area contributed by atoms with Crippen molar-refractivity contribution in [2.75, 3.05) is 0 Å². The van der Waals surface area contributed by atoms with Crippen LogP contribution in [0.15, 0.2) is 12.1 Å². The summed E-state index contributed by atoms with van der Waals surface area (Å²) in [5, 5.41) is 0. The molecule has 0 aromatic heterocycles. The van der Waals surface area contributed by atoms with Crippen molar-refractivity contribution in [3.63, 3.8) is 0 Å². The van der Waals surface area contributed by atoms with Gasteiger partial charge in [-0.25, -0.2) is 4.39 Å². The number of aryl methyl sites for hydroxylation is 2. The molecule has 0 radical (unpaired) electrons. The highest BCUT2D eigenvalue weighted by atomic mass is 19.1. The van der Waals surface area contributed by atoms with E-state index in [1.165, 1.54) is 6.42 Å². The molecule has 16 heavy (non-hydrogen) atoms. The Morgan fingerprint density at radius 1 is 1.06 bits per heavy atom. The lowest BCUT2D eigenvalue weighted by molar-refractivity contribution is 0.300. The number of nitrogens with two attached hydrogens (primary N) is 1. The summed E-state index contributed by atoms with van der Waals surface area (Å²) in [6.07, 6.45) is 5.54. The van der Waals surface area contributed by atoms with Crippen LogP contribution in [-0.2, 0) is 5.54 Å². The van der Waals surface area contributed by atoms with Crippen molar-refractivity contribution < 1.29 is 4.39 Å². The highest BCUT2D eigenvalue weighted by molar-refractivity contribution is 5.37. The van der Waals surface area contributed by atoms with E-state index in [1.54, 1.807) is 13.0 Å². The molecule has 2 N–H and O–H groups in total. The molecule has 1 aliphatic carbocycles. The molecular formula is C14H20FN. The van der Waals surface area contributed by atoms with Crippen molar-refractivity contribution in [2.24, 2.45) is 5.73 Å². The second-order valence-corrected chi connectivity index (χ2v) is 5.13. The van der Waals surface area contributed by atoms with Gasteiger partial charge >= 0.3 is 0 Å². The van der Waals surface area contributed by atoms with Gasteiger partial charge in [-0.2, -0.15) is 0 Å². The summed E-state index contributed by atoms with van der Waals surface area (Å²) in [6.45, 7) is 3.83. The molecule has 0 heterocycles. The monoisotopic (exact) mass is 221 g/mol. The van der Waals surface area contributed by atoms with Crippen LogP contribution in [0, 0.1) is 19.7 Å². The van der Waals surface area contributed by atoms with Gasteiger partial charge in [0.05, 0.1) is 0 Å². The lowest BCUT2D eigenvalue weighted by Crippen LogP contribution is -2.39. The largest absolute Gasteiger partial charge is 0.321 e. The molecule has 1 fully saturated rings. The molecule has 0 saturated heterocycles. The summed E-state index contributed by atoms with van der Waals surface area (Å²) in [5.74, 6) is -0.129. The van der Waals surface area contributed by atoms with Gasteiger partial charge in [0.15, 0.2) is 0 Å². The highest BCUT2D eigenvalue weighted by Crippen LogP contribution is 2.36. The first-order valence-corrected chi connectivity index (χ1v) is 6.09. The summed E-state index contributed by atoms with van der Waals surface area (Å²) in [6, 6.07) is 3.56. The van der Waals surface area contributed by atoms with Crippen LogP contribution in [0.4, 0.5) is 4.39 Å². The quantitative estimate of drug-likeness (QED) is 0.771. The van der Waals surface area contributed by atoms with Crippen LogP contribution in [0.3, 0.4) is 0 Å². The van der Waals surface area contributed by atoms with Crippen molar-refractivity contribution in [1.82, 2.24) is 0 Å². The third-order valence-electron chi connectivity index (χ3n) is 3.79. The Bertz CT molecular complexity index is 392. The third kappa shape index (κ3) is 1.99. The molecular weight excluding hydrogens is 201 g/mol. The van der Waals surface area contributed by atoms with Crippen LogP contribution in [0.5, 0.6) is 0 Å². The second-order valence-electron chi connectivity index (χ2n) is 5.13. The zero-order chi connectivity index (χ0) is 11.8. The van der Waals surface area contributed by atoms with Gasteiger partial charge in [0.25, 0.3) is 0 Å². The van der Waals surface area contributed by atoms with Gasteiger partial charge < -0.3 is 5.73 Å². The van der Waals surface area contributed by atoms with E-state index in [0.717, 1.165) is 36.8 Å². The molecule has 1 nitrogen and oxygen atoms in total. The zero-order valence-corrected chi connectivity index (χ0v) is 10.1. The fraction of sp³-hybridized carbons (Fsp3) is 0.571. The first-order chi connectivity index (χ1) is 7.53. The average molecular weight is 221 g/mol. The zero-order valence-electron chi connectivity index (χ0n) is 10.1. The minimum atomic E-state index is -0.295. The smallest absolute Gasteiger partial charge is 0.126 e. The molecule has 88 valence electrons. The van der Waals surface area contributed by atoms with E-state index >= 15 is 0 Å². The predicted molar refractivity (Wildman–Crippen MR) is 64.8 cm³/mol. The molecule has 2 rings (SSSR count). The molecule has 0 unspecified atom stereocenters. The maximum absolute atomic E-state index is 13.6. The Morgan fingerprint density at radius 2 is 1.69 bits per heavy atom. The van der Waals surface area contributed by atoms with Crippen LogP contribution in [0.2, 0.25) is 0 Å². The van der Waals surface area contributed by atoms with E-state index in [4.69, 9.17) is 5.73 Å². The average Bonchev–Trinajstić information content (AvgIpc) is 2.24. The predicted octanol–water partition coefficient (Wildman–Crippen LogP) is 3.56. The van der Waals surface area contributed by atoms with Crippen LogP contribution >= 0.6 is 0 Å². The van der Waals surface area contributed by atoms with Gasteiger partial charge in [-0.3, -0.25) is 0 Å². The summed E-state index contributed by atoms with van der Waals surface area (Å²) >= 11 is 0. The van der Waals surface area contributed by atoms with Gasteiger partial charge in [0, 0.05) is 5.54 Å². The van der Waals surface area contributed by atoms with Crippen LogP contribution < -0.4 is 5.73 Å². The van der Waals surface area contributed by atoms with E-state index in [-0.39, 0.29) is 11.4 Å². The summed E-state index contributed by atoms with van der Waals surface area (Å²) in [4.78, 5) is 0. The van der Waals surface area contributed by atoms with Gasteiger partial charge in [-0.15, -0.1) is 0 Å². The van der Waals surface area contributed by atoms with Crippen LogP contribution in [-0.4, -0.2) is 0 Å². The molecule has 1 saturated carbocycles. The topological polar surface area (TPSA) is 26.0 Å². The number of hydrogen-bond donors (Lipinski definition) is 1. The second kappa shape index (κ2) is 4.17. The molecule has 0 atom stereocenters. The summed E-state index contributed by atoms with van der Waals surface area (Å²) < 4.78 is 13.6.